The molecule has 4 rings (SSSR count). The van der Waals surface area contributed by atoms with Gasteiger partial charge < -0.3 is 19.5 Å². The topological polar surface area (TPSA) is 94.2 Å². The monoisotopic (exact) mass is 552 g/mol. The maximum absolute atomic E-state index is 13.8. The van der Waals surface area contributed by atoms with Crippen molar-refractivity contribution in [2.24, 2.45) is 0 Å². The average Bonchev–Trinajstić information content (AvgIpc) is 2.91. The van der Waals surface area contributed by atoms with Crippen molar-refractivity contribution >= 4 is 21.6 Å². The van der Waals surface area contributed by atoms with Gasteiger partial charge in [0.2, 0.25) is 0 Å². The first-order valence-electron chi connectivity index (χ1n) is 12.9. The zero-order valence-electron chi connectivity index (χ0n) is 23.3. The summed E-state index contributed by atoms with van der Waals surface area (Å²) < 4.78 is 46.0. The van der Waals surface area contributed by atoms with Gasteiger partial charge in [-0.15, -0.1) is 0 Å². The van der Waals surface area contributed by atoms with Gasteiger partial charge in [0.15, 0.2) is 6.10 Å². The lowest BCUT2D eigenvalue weighted by atomic mass is 9.86. The van der Waals surface area contributed by atoms with Crippen molar-refractivity contribution in [3.63, 3.8) is 0 Å². The Labute approximate surface area is 230 Å². The highest BCUT2D eigenvalue weighted by Crippen LogP contribution is 2.40. The molecule has 0 saturated carbocycles. The lowest BCUT2D eigenvalue weighted by Gasteiger charge is -2.36. The number of sulfonamides is 1. The van der Waals surface area contributed by atoms with E-state index in [0.29, 0.717) is 17.2 Å². The Morgan fingerprint density at radius 3 is 2.44 bits per heavy atom. The molecule has 0 aliphatic carbocycles. The first-order valence-corrected chi connectivity index (χ1v) is 14.3. The van der Waals surface area contributed by atoms with Gasteiger partial charge in [0.25, 0.3) is 15.9 Å². The summed E-state index contributed by atoms with van der Waals surface area (Å²) in [4.78, 5) is 13.2. The van der Waals surface area contributed by atoms with E-state index in [1.807, 2.05) is 44.2 Å². The van der Waals surface area contributed by atoms with Gasteiger partial charge in [-0.05, 0) is 78.4 Å². The van der Waals surface area contributed by atoms with E-state index >= 15 is 0 Å². The Hall–Kier alpha value is -3.72. The summed E-state index contributed by atoms with van der Waals surface area (Å²) in [6.07, 6.45) is -1.04. The van der Waals surface area contributed by atoms with Crippen molar-refractivity contribution in [3.8, 4) is 17.2 Å². The number of hydrogen-bond acceptors (Lipinski definition) is 6. The predicted octanol–water partition coefficient (Wildman–Crippen LogP) is 4.76. The number of amides is 1. The third kappa shape index (κ3) is 6.30. The Bertz CT molecular complexity index is 1450. The van der Waals surface area contributed by atoms with E-state index in [2.05, 4.69) is 26.1 Å². The molecule has 208 valence electrons. The smallest absolute Gasteiger partial charge is 0.264 e. The summed E-state index contributed by atoms with van der Waals surface area (Å²) in [5.74, 6) is 1.23. The van der Waals surface area contributed by atoms with Gasteiger partial charge >= 0.3 is 0 Å². The molecule has 1 aliphatic rings. The number of rotatable bonds is 8. The first-order chi connectivity index (χ1) is 18.4. The van der Waals surface area contributed by atoms with Gasteiger partial charge in [-0.1, -0.05) is 39.0 Å². The quantitative estimate of drug-likeness (QED) is 0.405. The van der Waals surface area contributed by atoms with E-state index in [9.17, 15) is 13.2 Å². The number of ether oxygens (including phenoxy) is 3. The molecule has 0 aromatic heterocycles. The van der Waals surface area contributed by atoms with Crippen LogP contribution in [0.5, 0.6) is 17.2 Å². The maximum atomic E-state index is 13.8. The second-order valence-corrected chi connectivity index (χ2v) is 12.5. The number of fused-ring (bicyclic) bond motifs is 1. The van der Waals surface area contributed by atoms with Crippen LogP contribution in [0.25, 0.3) is 0 Å². The lowest BCUT2D eigenvalue weighted by Crippen LogP contribution is -2.51. The second-order valence-electron chi connectivity index (χ2n) is 10.7. The predicted molar refractivity (Wildman–Crippen MR) is 152 cm³/mol. The minimum absolute atomic E-state index is 0.0957. The molecule has 0 saturated heterocycles. The molecule has 1 atom stereocenters. The van der Waals surface area contributed by atoms with Gasteiger partial charge in [0.05, 0.1) is 30.8 Å². The van der Waals surface area contributed by atoms with Crippen molar-refractivity contribution in [2.75, 3.05) is 31.1 Å². The summed E-state index contributed by atoms with van der Waals surface area (Å²) in [5.41, 5.74) is 3.23. The highest BCUT2D eigenvalue weighted by molar-refractivity contribution is 7.92. The zero-order valence-corrected chi connectivity index (χ0v) is 24.1. The van der Waals surface area contributed by atoms with Crippen LogP contribution in [0.4, 0.5) is 5.69 Å². The number of methoxy groups -OCH3 is 1. The molecule has 1 heterocycles. The molecule has 1 aliphatic heterocycles. The van der Waals surface area contributed by atoms with Crippen LogP contribution in [0.15, 0.2) is 65.6 Å². The number of nitrogens with one attached hydrogen (secondary N) is 1. The van der Waals surface area contributed by atoms with E-state index in [1.165, 1.54) is 23.5 Å². The van der Waals surface area contributed by atoms with E-state index in [1.54, 1.807) is 18.2 Å². The maximum Gasteiger partial charge on any atom is 0.264 e. The van der Waals surface area contributed by atoms with Crippen LogP contribution in [0.1, 0.15) is 37.5 Å². The van der Waals surface area contributed by atoms with Crippen LogP contribution in [0.3, 0.4) is 0 Å². The molecule has 0 bridgehead atoms. The zero-order chi connectivity index (χ0) is 28.4. The normalized spacial score (nSPS) is 15.2. The molecule has 0 unspecified atom stereocenters. The van der Waals surface area contributed by atoms with E-state index < -0.39 is 22.0 Å². The number of nitrogens with zero attached hydrogens (tertiary/aromatic N) is 1. The third-order valence-electron chi connectivity index (χ3n) is 6.64. The van der Waals surface area contributed by atoms with E-state index in [-0.39, 0.29) is 30.0 Å². The van der Waals surface area contributed by atoms with Gasteiger partial charge in [-0.3, -0.25) is 9.10 Å². The molecule has 3 aromatic carbocycles. The van der Waals surface area contributed by atoms with Crippen LogP contribution < -0.4 is 23.8 Å². The van der Waals surface area contributed by atoms with Crippen LogP contribution in [0, 0.1) is 13.8 Å². The van der Waals surface area contributed by atoms with Crippen molar-refractivity contribution in [3.05, 3.63) is 77.4 Å². The largest absolute Gasteiger partial charge is 0.497 e. The number of carbonyl (C=O) groups excluding carboxylic acids is 1. The van der Waals surface area contributed by atoms with Crippen molar-refractivity contribution in [2.45, 2.75) is 51.0 Å². The summed E-state index contributed by atoms with van der Waals surface area (Å²) in [7, 11) is -2.49. The summed E-state index contributed by atoms with van der Waals surface area (Å²) in [6, 6.07) is 17.6. The van der Waals surface area contributed by atoms with Gasteiger partial charge in [-0.2, -0.15) is 0 Å². The van der Waals surface area contributed by atoms with Crippen LogP contribution in [-0.4, -0.2) is 47.2 Å². The van der Waals surface area contributed by atoms with Crippen molar-refractivity contribution in [1.29, 1.82) is 0 Å². The second kappa shape index (κ2) is 11.2. The molecular formula is C30H36N2O6S. The molecule has 8 nitrogen and oxygen atoms in total. The molecule has 39 heavy (non-hydrogen) atoms. The number of aryl methyl sites for hydroxylation is 2. The molecule has 1 N–H and O–H groups in total. The summed E-state index contributed by atoms with van der Waals surface area (Å²) in [6.45, 7) is 10.5. The number of benzene rings is 3. The van der Waals surface area contributed by atoms with Crippen molar-refractivity contribution < 1.29 is 27.4 Å². The van der Waals surface area contributed by atoms with E-state index in [0.717, 1.165) is 22.4 Å². The summed E-state index contributed by atoms with van der Waals surface area (Å²) >= 11 is 0. The molecular weight excluding hydrogens is 516 g/mol. The Morgan fingerprint density at radius 2 is 1.77 bits per heavy atom. The fraction of sp³-hybridized carbons (Fsp3) is 0.367. The van der Waals surface area contributed by atoms with Crippen molar-refractivity contribution in [1.82, 2.24) is 5.32 Å². The Morgan fingerprint density at radius 1 is 1.05 bits per heavy atom. The van der Waals surface area contributed by atoms with Gasteiger partial charge in [0.1, 0.15) is 23.9 Å². The number of carbonyl (C=O) groups is 1. The highest BCUT2D eigenvalue weighted by atomic mass is 32.2. The Kier molecular flexibility index (Phi) is 8.11. The van der Waals surface area contributed by atoms with Gasteiger partial charge in [-0.25, -0.2) is 8.42 Å². The molecule has 0 fully saturated rings. The molecule has 0 spiro atoms. The number of anilines is 1. The fourth-order valence-electron chi connectivity index (χ4n) is 4.27. The minimum atomic E-state index is -4.01. The standard InChI is InChI=1S/C30H36N2O6S/c1-20-7-8-21(2)27(17-20)37-16-15-31-29(33)28-19-32(39(34,35)24-12-10-23(36-6)11-13-24)25-18-22(30(3,4)5)9-14-26(25)38-28/h7-14,17-18,28H,15-16,19H2,1-6H3,(H,31,33)/t28-/m1/s1. The molecule has 0 radical (unpaired) electrons. The fourth-order valence-corrected chi connectivity index (χ4v) is 5.74. The van der Waals surface area contributed by atoms with Crippen LogP contribution >= 0.6 is 0 Å². The van der Waals surface area contributed by atoms with Crippen LogP contribution in [-0.2, 0) is 20.2 Å². The number of hydrogen-bond donors (Lipinski definition) is 1. The lowest BCUT2D eigenvalue weighted by molar-refractivity contribution is -0.127. The Balaban J connectivity index is 1.56. The molecule has 9 heteroatoms. The van der Waals surface area contributed by atoms with Gasteiger partial charge in [0, 0.05) is 0 Å². The third-order valence-corrected chi connectivity index (χ3v) is 8.43. The van der Waals surface area contributed by atoms with Crippen LogP contribution in [0.2, 0.25) is 0 Å². The van der Waals surface area contributed by atoms with E-state index in [4.69, 9.17) is 14.2 Å². The highest BCUT2D eigenvalue weighted by Gasteiger charge is 2.38. The average molecular weight is 553 g/mol. The molecule has 3 aromatic rings. The first kappa shape index (κ1) is 28.3. The minimum Gasteiger partial charge on any atom is -0.497 e. The summed E-state index contributed by atoms with van der Waals surface area (Å²) in [5, 5.41) is 2.82. The SMILES string of the molecule is COc1ccc(S(=O)(=O)N2C[C@H](C(=O)NCCOc3cc(C)ccc3C)Oc3ccc(C(C)(C)C)cc32)cc1. The molecule has 1 amide bonds.